The third-order valence-corrected chi connectivity index (χ3v) is 4.61. The zero-order valence-electron chi connectivity index (χ0n) is 12.9. The summed E-state index contributed by atoms with van der Waals surface area (Å²) in [5, 5.41) is 3.74. The van der Waals surface area contributed by atoms with E-state index in [2.05, 4.69) is 34.5 Å². The van der Waals surface area contributed by atoms with Crippen molar-refractivity contribution in [3.05, 3.63) is 29.8 Å². The standard InChI is InChI=1S/C17H26N2O2/c1-20-9-10-21-13-14-3-2-4-16(11-14)18-17-6-8-19-7-5-15(17)12-19/h2-4,11,15,17-18H,5-10,12-13H2,1H3. The highest BCUT2D eigenvalue weighted by Gasteiger charge is 2.33. The van der Waals surface area contributed by atoms with Crippen molar-refractivity contribution in [2.45, 2.75) is 25.5 Å². The number of rotatable bonds is 7. The predicted molar refractivity (Wildman–Crippen MR) is 84.5 cm³/mol. The van der Waals surface area contributed by atoms with Gasteiger partial charge in [-0.05, 0) is 43.0 Å². The van der Waals surface area contributed by atoms with Gasteiger partial charge in [-0.2, -0.15) is 0 Å². The minimum atomic E-state index is 0.633. The van der Waals surface area contributed by atoms with Gasteiger partial charge < -0.3 is 19.7 Å². The van der Waals surface area contributed by atoms with Crippen molar-refractivity contribution < 1.29 is 9.47 Å². The van der Waals surface area contributed by atoms with Gasteiger partial charge in [-0.3, -0.25) is 0 Å². The molecule has 2 saturated heterocycles. The maximum Gasteiger partial charge on any atom is 0.0718 e. The van der Waals surface area contributed by atoms with Crippen LogP contribution in [-0.4, -0.2) is 50.9 Å². The molecule has 0 aromatic heterocycles. The summed E-state index contributed by atoms with van der Waals surface area (Å²) in [6, 6.07) is 9.25. The average molecular weight is 290 g/mol. The molecule has 2 aliphatic heterocycles. The highest BCUT2D eigenvalue weighted by Crippen LogP contribution is 2.29. The van der Waals surface area contributed by atoms with E-state index in [0.29, 0.717) is 25.9 Å². The van der Waals surface area contributed by atoms with Crippen molar-refractivity contribution in [3.63, 3.8) is 0 Å². The highest BCUT2D eigenvalue weighted by atomic mass is 16.5. The number of methoxy groups -OCH3 is 1. The van der Waals surface area contributed by atoms with Crippen LogP contribution >= 0.6 is 0 Å². The van der Waals surface area contributed by atoms with Crippen molar-refractivity contribution in [1.29, 1.82) is 0 Å². The number of hydrogen-bond acceptors (Lipinski definition) is 4. The molecule has 2 bridgehead atoms. The molecule has 3 rings (SSSR count). The van der Waals surface area contributed by atoms with Gasteiger partial charge in [0.2, 0.25) is 0 Å². The molecular weight excluding hydrogens is 264 g/mol. The van der Waals surface area contributed by atoms with Gasteiger partial charge in [-0.15, -0.1) is 0 Å². The summed E-state index contributed by atoms with van der Waals surface area (Å²) in [6.07, 6.45) is 2.61. The van der Waals surface area contributed by atoms with Crippen LogP contribution in [0.1, 0.15) is 18.4 Å². The molecule has 116 valence electrons. The zero-order valence-corrected chi connectivity index (χ0v) is 12.9. The second kappa shape index (κ2) is 7.25. The number of hydrogen-bond donors (Lipinski definition) is 1. The molecule has 4 heteroatoms. The monoisotopic (exact) mass is 290 g/mol. The molecule has 2 aliphatic rings. The predicted octanol–water partition coefficient (Wildman–Crippen LogP) is 2.36. The van der Waals surface area contributed by atoms with Gasteiger partial charge in [0.15, 0.2) is 0 Å². The smallest absolute Gasteiger partial charge is 0.0718 e. The van der Waals surface area contributed by atoms with E-state index in [-0.39, 0.29) is 0 Å². The van der Waals surface area contributed by atoms with Crippen molar-refractivity contribution >= 4 is 5.69 Å². The Labute approximate surface area is 127 Å². The maximum absolute atomic E-state index is 5.59. The van der Waals surface area contributed by atoms with Crippen LogP contribution < -0.4 is 5.32 Å². The van der Waals surface area contributed by atoms with Crippen molar-refractivity contribution in [3.8, 4) is 0 Å². The zero-order chi connectivity index (χ0) is 14.5. The van der Waals surface area contributed by atoms with E-state index in [1.165, 1.54) is 43.7 Å². The first kappa shape index (κ1) is 14.8. The van der Waals surface area contributed by atoms with Crippen molar-refractivity contribution in [2.75, 3.05) is 45.3 Å². The van der Waals surface area contributed by atoms with Crippen LogP contribution in [0, 0.1) is 5.92 Å². The van der Waals surface area contributed by atoms with Crippen LogP contribution in [0.5, 0.6) is 0 Å². The summed E-state index contributed by atoms with van der Waals surface area (Å²) in [5.41, 5.74) is 2.45. The Kier molecular flexibility index (Phi) is 5.12. The third-order valence-electron chi connectivity index (χ3n) is 4.61. The molecule has 0 aliphatic carbocycles. The molecule has 0 amide bonds. The summed E-state index contributed by atoms with van der Waals surface area (Å²) in [7, 11) is 1.70. The Balaban J connectivity index is 1.53. The normalized spacial score (nSPS) is 27.8. The van der Waals surface area contributed by atoms with Crippen molar-refractivity contribution in [2.24, 2.45) is 5.92 Å². The quantitative estimate of drug-likeness (QED) is 0.782. The Bertz CT molecular complexity index is 452. The number of ether oxygens (including phenoxy) is 2. The SMILES string of the molecule is COCCOCc1cccc(NC2CCN3CCC2C3)c1. The number of nitrogens with zero attached hydrogens (tertiary/aromatic N) is 1. The molecule has 1 aromatic carbocycles. The van der Waals surface area contributed by atoms with E-state index in [1.807, 2.05) is 0 Å². The molecule has 3 atom stereocenters. The minimum Gasteiger partial charge on any atom is -0.382 e. The summed E-state index contributed by atoms with van der Waals surface area (Å²) < 4.78 is 10.6. The largest absolute Gasteiger partial charge is 0.382 e. The van der Waals surface area contributed by atoms with Crippen LogP contribution in [0.3, 0.4) is 0 Å². The van der Waals surface area contributed by atoms with Crippen LogP contribution in [0.2, 0.25) is 0 Å². The number of benzene rings is 1. The van der Waals surface area contributed by atoms with E-state index in [9.17, 15) is 0 Å². The number of nitrogens with one attached hydrogen (secondary N) is 1. The maximum atomic E-state index is 5.59. The molecule has 3 unspecified atom stereocenters. The molecule has 21 heavy (non-hydrogen) atoms. The fourth-order valence-electron chi connectivity index (χ4n) is 3.44. The average Bonchev–Trinajstić information content (AvgIpc) is 2.90. The number of fused-ring (bicyclic) bond motifs is 2. The van der Waals surface area contributed by atoms with E-state index in [4.69, 9.17) is 9.47 Å². The molecule has 2 fully saturated rings. The van der Waals surface area contributed by atoms with Crippen LogP contribution in [0.15, 0.2) is 24.3 Å². The highest BCUT2D eigenvalue weighted by molar-refractivity contribution is 5.46. The van der Waals surface area contributed by atoms with Gasteiger partial charge >= 0.3 is 0 Å². The number of piperidine rings is 1. The second-order valence-corrected chi connectivity index (χ2v) is 6.13. The van der Waals surface area contributed by atoms with Gasteiger partial charge in [0, 0.05) is 31.9 Å². The first-order valence-corrected chi connectivity index (χ1v) is 7.99. The molecule has 1 aromatic rings. The van der Waals surface area contributed by atoms with Crippen LogP contribution in [-0.2, 0) is 16.1 Å². The number of anilines is 1. The lowest BCUT2D eigenvalue weighted by Crippen LogP contribution is -2.39. The molecular formula is C17H26N2O2. The van der Waals surface area contributed by atoms with Gasteiger partial charge in [0.1, 0.15) is 0 Å². The topological polar surface area (TPSA) is 33.7 Å². The van der Waals surface area contributed by atoms with E-state index < -0.39 is 0 Å². The van der Waals surface area contributed by atoms with Crippen LogP contribution in [0.4, 0.5) is 5.69 Å². The van der Waals surface area contributed by atoms with Gasteiger partial charge in [0.25, 0.3) is 0 Å². The molecule has 1 N–H and O–H groups in total. The summed E-state index contributed by atoms with van der Waals surface area (Å²) in [5.74, 6) is 0.820. The summed E-state index contributed by atoms with van der Waals surface area (Å²) in [6.45, 7) is 5.76. The lowest BCUT2D eigenvalue weighted by Gasteiger charge is -2.31. The fourth-order valence-corrected chi connectivity index (χ4v) is 3.44. The fraction of sp³-hybridized carbons (Fsp3) is 0.647. The van der Waals surface area contributed by atoms with Gasteiger partial charge in [-0.1, -0.05) is 12.1 Å². The van der Waals surface area contributed by atoms with Gasteiger partial charge in [-0.25, -0.2) is 0 Å². The third kappa shape index (κ3) is 3.96. The van der Waals surface area contributed by atoms with Crippen LogP contribution in [0.25, 0.3) is 0 Å². The van der Waals surface area contributed by atoms with E-state index in [0.717, 1.165) is 5.92 Å². The molecule has 0 radical (unpaired) electrons. The second-order valence-electron chi connectivity index (χ2n) is 6.13. The molecule has 0 spiro atoms. The van der Waals surface area contributed by atoms with E-state index in [1.54, 1.807) is 7.11 Å². The molecule has 2 heterocycles. The Morgan fingerprint density at radius 2 is 2.14 bits per heavy atom. The summed E-state index contributed by atoms with van der Waals surface area (Å²) >= 11 is 0. The minimum absolute atomic E-state index is 0.633. The first-order valence-electron chi connectivity index (χ1n) is 7.99. The Morgan fingerprint density at radius 3 is 3.05 bits per heavy atom. The Hall–Kier alpha value is -1.10. The molecule has 0 saturated carbocycles. The lowest BCUT2D eigenvalue weighted by atomic mass is 9.94. The first-order chi connectivity index (χ1) is 10.3. The van der Waals surface area contributed by atoms with Crippen molar-refractivity contribution in [1.82, 2.24) is 4.90 Å². The van der Waals surface area contributed by atoms with Gasteiger partial charge in [0.05, 0.1) is 19.8 Å². The van der Waals surface area contributed by atoms with E-state index >= 15 is 0 Å². The molecule has 4 nitrogen and oxygen atoms in total. The summed E-state index contributed by atoms with van der Waals surface area (Å²) in [4.78, 5) is 2.59. The Morgan fingerprint density at radius 1 is 1.24 bits per heavy atom. The lowest BCUT2D eigenvalue weighted by molar-refractivity contribution is 0.0617.